The van der Waals surface area contributed by atoms with E-state index in [4.69, 9.17) is 0 Å². The van der Waals surface area contributed by atoms with E-state index < -0.39 is 0 Å². The van der Waals surface area contributed by atoms with E-state index in [1.54, 1.807) is 0 Å². The summed E-state index contributed by atoms with van der Waals surface area (Å²) >= 11 is 3.55. The van der Waals surface area contributed by atoms with Crippen LogP contribution in [0.4, 0.5) is 0 Å². The van der Waals surface area contributed by atoms with Gasteiger partial charge in [-0.05, 0) is 30.4 Å². The lowest BCUT2D eigenvalue weighted by Gasteiger charge is -2.09. The van der Waals surface area contributed by atoms with Gasteiger partial charge in [0.1, 0.15) is 0 Å². The van der Waals surface area contributed by atoms with Gasteiger partial charge in [0.05, 0.1) is 0 Å². The zero-order valence-corrected chi connectivity index (χ0v) is 7.32. The molecule has 52 valence electrons. The van der Waals surface area contributed by atoms with Gasteiger partial charge >= 0.3 is 0 Å². The minimum Gasteiger partial charge on any atom is -0.0804 e. The van der Waals surface area contributed by atoms with Crippen LogP contribution >= 0.6 is 15.9 Å². The van der Waals surface area contributed by atoms with Crippen molar-refractivity contribution < 1.29 is 0 Å². The van der Waals surface area contributed by atoms with Crippen LogP contribution in [0.3, 0.4) is 0 Å². The van der Waals surface area contributed by atoms with Crippen molar-refractivity contribution in [2.24, 2.45) is 0 Å². The summed E-state index contributed by atoms with van der Waals surface area (Å²) in [6, 6.07) is 0. The van der Waals surface area contributed by atoms with Gasteiger partial charge in [-0.1, -0.05) is 34.2 Å². The van der Waals surface area contributed by atoms with Crippen LogP contribution in [0, 0.1) is 0 Å². The smallest absolute Gasteiger partial charge is 0.0207 e. The largest absolute Gasteiger partial charge is 0.0804 e. The molecule has 0 nitrogen and oxygen atoms in total. The van der Waals surface area contributed by atoms with Crippen LogP contribution in [0.2, 0.25) is 0 Å². The molecule has 0 heterocycles. The zero-order chi connectivity index (χ0) is 6.97. The van der Waals surface area contributed by atoms with Crippen LogP contribution < -0.4 is 0 Å². The lowest BCUT2D eigenvalue weighted by molar-refractivity contribution is 1.04. The predicted molar refractivity (Wildman–Crippen MR) is 47.0 cm³/mol. The molecule has 0 fully saturated rings. The van der Waals surface area contributed by atoms with Gasteiger partial charge in [0.15, 0.2) is 0 Å². The first-order chi connectivity index (χ1) is 4.88. The summed E-state index contributed by atoms with van der Waals surface area (Å²) in [4.78, 5) is 0. The molecule has 0 aromatic rings. The van der Waals surface area contributed by atoms with Crippen molar-refractivity contribution in [3.63, 3.8) is 0 Å². The van der Waals surface area contributed by atoms with Crippen molar-refractivity contribution in [3.8, 4) is 0 Å². The number of fused-ring (bicyclic) bond motifs is 1. The molecule has 0 bridgehead atoms. The molecule has 0 saturated carbocycles. The molecule has 0 aromatic carbocycles. The Morgan fingerprint density at radius 1 is 1.40 bits per heavy atom. The molecule has 2 rings (SSSR count). The molecule has 0 aliphatic heterocycles. The third-order valence-electron chi connectivity index (χ3n) is 2.06. The van der Waals surface area contributed by atoms with E-state index in [1.165, 1.54) is 28.5 Å². The van der Waals surface area contributed by atoms with E-state index in [-0.39, 0.29) is 0 Å². The van der Waals surface area contributed by atoms with Gasteiger partial charge in [-0.3, -0.25) is 0 Å². The highest BCUT2D eigenvalue weighted by atomic mass is 79.9. The summed E-state index contributed by atoms with van der Waals surface area (Å²) in [6.07, 6.45) is 10.3. The second kappa shape index (κ2) is 2.39. The van der Waals surface area contributed by atoms with Gasteiger partial charge in [-0.2, -0.15) is 0 Å². The van der Waals surface area contributed by atoms with E-state index in [0.29, 0.717) is 0 Å². The molecule has 2 aliphatic rings. The average molecular weight is 197 g/mol. The SMILES string of the molecule is BrC1=C2CCC=C2CC=C1. The number of hydrogen-bond acceptors (Lipinski definition) is 0. The molecular weight excluding hydrogens is 188 g/mol. The molecule has 0 N–H and O–H groups in total. The Hall–Kier alpha value is -0.300. The van der Waals surface area contributed by atoms with Gasteiger partial charge < -0.3 is 0 Å². The third-order valence-corrected chi connectivity index (χ3v) is 2.81. The van der Waals surface area contributed by atoms with Crippen molar-refractivity contribution in [1.82, 2.24) is 0 Å². The number of hydrogen-bond donors (Lipinski definition) is 0. The fraction of sp³-hybridized carbons (Fsp3) is 0.333. The first-order valence-electron chi connectivity index (χ1n) is 3.62. The number of allylic oxidation sites excluding steroid dienone is 6. The summed E-state index contributed by atoms with van der Waals surface area (Å²) < 4.78 is 1.29. The number of rotatable bonds is 0. The molecule has 0 aromatic heterocycles. The second-order valence-electron chi connectivity index (χ2n) is 2.70. The second-order valence-corrected chi connectivity index (χ2v) is 3.56. The molecule has 0 saturated heterocycles. The van der Waals surface area contributed by atoms with E-state index in [2.05, 4.69) is 34.2 Å². The molecule has 0 atom stereocenters. The topological polar surface area (TPSA) is 0 Å². The average Bonchev–Trinajstić information content (AvgIpc) is 2.36. The van der Waals surface area contributed by atoms with E-state index in [9.17, 15) is 0 Å². The maximum Gasteiger partial charge on any atom is 0.0207 e. The van der Waals surface area contributed by atoms with Gasteiger partial charge in [-0.15, -0.1) is 0 Å². The third kappa shape index (κ3) is 0.891. The highest BCUT2D eigenvalue weighted by Crippen LogP contribution is 2.35. The standard InChI is InChI=1S/C9H9Br/c10-9-6-2-4-7-3-1-5-8(7)9/h2-3,6H,1,4-5H2. The van der Waals surface area contributed by atoms with Crippen LogP contribution in [0.25, 0.3) is 0 Å². The van der Waals surface area contributed by atoms with Gasteiger partial charge in [0.2, 0.25) is 0 Å². The fourth-order valence-electron chi connectivity index (χ4n) is 1.54. The van der Waals surface area contributed by atoms with Gasteiger partial charge in [0, 0.05) is 4.48 Å². The first kappa shape index (κ1) is 6.41. The van der Waals surface area contributed by atoms with Crippen molar-refractivity contribution >= 4 is 15.9 Å². The van der Waals surface area contributed by atoms with E-state index in [0.717, 1.165) is 6.42 Å². The minimum atomic E-state index is 1.14. The van der Waals surface area contributed by atoms with Gasteiger partial charge in [-0.25, -0.2) is 0 Å². The summed E-state index contributed by atoms with van der Waals surface area (Å²) in [7, 11) is 0. The van der Waals surface area contributed by atoms with Crippen LogP contribution in [0.15, 0.2) is 33.9 Å². The Labute approximate surface area is 69.4 Å². The fourth-order valence-corrected chi connectivity index (χ4v) is 2.18. The van der Waals surface area contributed by atoms with Crippen molar-refractivity contribution in [1.29, 1.82) is 0 Å². The van der Waals surface area contributed by atoms with Crippen molar-refractivity contribution in [2.45, 2.75) is 19.3 Å². The lowest BCUT2D eigenvalue weighted by atomic mass is 10.0. The highest BCUT2D eigenvalue weighted by Gasteiger charge is 2.15. The Bertz CT molecular complexity index is 243. The van der Waals surface area contributed by atoms with Crippen LogP contribution in [-0.2, 0) is 0 Å². The summed E-state index contributed by atoms with van der Waals surface area (Å²) in [5, 5.41) is 0. The van der Waals surface area contributed by atoms with Crippen LogP contribution in [0.5, 0.6) is 0 Å². The van der Waals surface area contributed by atoms with Crippen molar-refractivity contribution in [3.05, 3.63) is 33.9 Å². The Balaban J connectivity index is 2.45. The Morgan fingerprint density at radius 3 is 3.10 bits per heavy atom. The van der Waals surface area contributed by atoms with Gasteiger partial charge in [0.25, 0.3) is 0 Å². The molecule has 10 heavy (non-hydrogen) atoms. The zero-order valence-electron chi connectivity index (χ0n) is 5.73. The maximum atomic E-state index is 3.55. The molecule has 1 heteroatoms. The van der Waals surface area contributed by atoms with Crippen LogP contribution in [-0.4, -0.2) is 0 Å². The Kier molecular flexibility index (Phi) is 1.53. The molecular formula is C9H9Br. The molecule has 0 spiro atoms. The molecule has 2 aliphatic carbocycles. The predicted octanol–water partition coefficient (Wildman–Crippen LogP) is 3.32. The van der Waals surface area contributed by atoms with E-state index >= 15 is 0 Å². The lowest BCUT2D eigenvalue weighted by Crippen LogP contribution is -1.89. The van der Waals surface area contributed by atoms with Crippen molar-refractivity contribution in [2.75, 3.05) is 0 Å². The minimum absolute atomic E-state index is 1.14. The Morgan fingerprint density at radius 2 is 2.30 bits per heavy atom. The summed E-state index contributed by atoms with van der Waals surface area (Å²) in [5.74, 6) is 0. The quantitative estimate of drug-likeness (QED) is 0.558. The maximum absolute atomic E-state index is 3.55. The highest BCUT2D eigenvalue weighted by molar-refractivity contribution is 9.11. The molecule has 0 radical (unpaired) electrons. The molecule has 0 amide bonds. The summed E-state index contributed by atoms with van der Waals surface area (Å²) in [6.45, 7) is 0. The van der Waals surface area contributed by atoms with E-state index in [1.807, 2.05) is 0 Å². The normalized spacial score (nSPS) is 23.1. The monoisotopic (exact) mass is 196 g/mol. The van der Waals surface area contributed by atoms with Crippen LogP contribution in [0.1, 0.15) is 19.3 Å². The summed E-state index contributed by atoms with van der Waals surface area (Å²) in [5.41, 5.74) is 3.07. The molecule has 0 unspecified atom stereocenters. The first-order valence-corrected chi connectivity index (χ1v) is 4.42. The number of halogens is 1.